The fourth-order valence-corrected chi connectivity index (χ4v) is 3.20. The summed E-state index contributed by atoms with van der Waals surface area (Å²) in [5.74, 6) is 1.34. The van der Waals surface area contributed by atoms with E-state index in [-0.39, 0.29) is 11.9 Å². The second kappa shape index (κ2) is 6.68. The summed E-state index contributed by atoms with van der Waals surface area (Å²) in [4.78, 5) is 22.6. The maximum atomic E-state index is 12.2. The Labute approximate surface area is 140 Å². The molecular formula is C17H21N5O2. The van der Waals surface area contributed by atoms with E-state index in [0.717, 1.165) is 12.0 Å². The molecule has 24 heavy (non-hydrogen) atoms. The van der Waals surface area contributed by atoms with E-state index >= 15 is 0 Å². The molecule has 7 heteroatoms. The molecule has 0 aromatic carbocycles. The average molecular weight is 327 g/mol. The van der Waals surface area contributed by atoms with Gasteiger partial charge >= 0.3 is 0 Å². The number of pyridine rings is 1. The highest BCUT2D eigenvalue weighted by Gasteiger charge is 2.35. The molecule has 1 saturated carbocycles. The third-order valence-electron chi connectivity index (χ3n) is 4.85. The van der Waals surface area contributed by atoms with Crippen LogP contribution in [0.4, 0.5) is 0 Å². The number of carbonyl (C=O) groups is 1. The van der Waals surface area contributed by atoms with Crippen LogP contribution in [-0.4, -0.2) is 32.0 Å². The highest BCUT2D eigenvalue weighted by Crippen LogP contribution is 2.33. The summed E-state index contributed by atoms with van der Waals surface area (Å²) in [6, 6.07) is 4.30. The highest BCUT2D eigenvalue weighted by atomic mass is 16.5. The molecule has 0 spiro atoms. The van der Waals surface area contributed by atoms with Crippen LogP contribution in [0.2, 0.25) is 0 Å². The van der Waals surface area contributed by atoms with Gasteiger partial charge in [0.2, 0.25) is 11.8 Å². The van der Waals surface area contributed by atoms with Gasteiger partial charge in [0.25, 0.3) is 0 Å². The Morgan fingerprint density at radius 2 is 2.08 bits per heavy atom. The van der Waals surface area contributed by atoms with Gasteiger partial charge in [-0.3, -0.25) is 9.78 Å². The van der Waals surface area contributed by atoms with Gasteiger partial charge in [-0.1, -0.05) is 11.6 Å². The maximum Gasteiger partial charge on any atom is 0.249 e. The van der Waals surface area contributed by atoms with Gasteiger partial charge in [-0.25, -0.2) is 0 Å². The van der Waals surface area contributed by atoms with Crippen molar-refractivity contribution in [2.75, 3.05) is 0 Å². The van der Waals surface area contributed by atoms with Crippen LogP contribution >= 0.6 is 0 Å². The SMILES string of the molecule is O=C1CC[C@@H](c2nc(CNC3CCC3)no2)N1Cc1ccncc1. The minimum atomic E-state index is -0.129. The summed E-state index contributed by atoms with van der Waals surface area (Å²) < 4.78 is 5.44. The normalized spacial score (nSPS) is 21.2. The number of nitrogens with zero attached hydrogens (tertiary/aromatic N) is 4. The largest absolute Gasteiger partial charge is 0.337 e. The molecule has 7 nitrogen and oxygen atoms in total. The molecule has 1 saturated heterocycles. The number of nitrogens with one attached hydrogen (secondary N) is 1. The zero-order valence-corrected chi connectivity index (χ0v) is 13.5. The average Bonchev–Trinajstić information content (AvgIpc) is 3.15. The van der Waals surface area contributed by atoms with Crippen molar-refractivity contribution in [3.63, 3.8) is 0 Å². The fourth-order valence-electron chi connectivity index (χ4n) is 3.20. The third kappa shape index (κ3) is 3.17. The summed E-state index contributed by atoms with van der Waals surface area (Å²) in [6.07, 6.45) is 8.46. The smallest absolute Gasteiger partial charge is 0.249 e. The molecule has 4 rings (SSSR count). The molecule has 126 valence electrons. The van der Waals surface area contributed by atoms with Gasteiger partial charge < -0.3 is 14.7 Å². The minimum Gasteiger partial charge on any atom is -0.337 e. The molecule has 0 unspecified atom stereocenters. The van der Waals surface area contributed by atoms with Crippen LogP contribution in [0.1, 0.15) is 55.4 Å². The van der Waals surface area contributed by atoms with Crippen LogP contribution in [0.25, 0.3) is 0 Å². The van der Waals surface area contributed by atoms with Gasteiger partial charge in [0.15, 0.2) is 5.82 Å². The Balaban J connectivity index is 1.43. The van der Waals surface area contributed by atoms with Crippen molar-refractivity contribution in [2.24, 2.45) is 0 Å². The van der Waals surface area contributed by atoms with E-state index in [9.17, 15) is 4.79 Å². The lowest BCUT2D eigenvalue weighted by molar-refractivity contribution is -0.129. The predicted octanol–water partition coefficient (Wildman–Crippen LogP) is 1.97. The van der Waals surface area contributed by atoms with E-state index in [1.54, 1.807) is 12.4 Å². The zero-order valence-electron chi connectivity index (χ0n) is 13.5. The molecule has 1 aliphatic carbocycles. The summed E-state index contributed by atoms with van der Waals surface area (Å²) in [7, 11) is 0. The number of carbonyl (C=O) groups excluding carboxylic acids is 1. The molecule has 2 aromatic heterocycles. The monoisotopic (exact) mass is 327 g/mol. The van der Waals surface area contributed by atoms with Gasteiger partial charge in [0.1, 0.15) is 6.04 Å². The Bertz CT molecular complexity index is 698. The van der Waals surface area contributed by atoms with Crippen molar-refractivity contribution in [2.45, 2.75) is 57.3 Å². The molecule has 2 aliphatic rings. The molecule has 1 aliphatic heterocycles. The standard InChI is InChI=1S/C17H21N5O2/c23-16-5-4-14(22(16)11-12-6-8-18-9-7-12)17-20-15(21-24-17)10-19-13-2-1-3-13/h6-9,13-14,19H,1-5,10-11H2/t14-/m0/s1. The van der Waals surface area contributed by atoms with E-state index in [1.807, 2.05) is 17.0 Å². The summed E-state index contributed by atoms with van der Waals surface area (Å²) in [5, 5.41) is 7.49. The number of rotatable bonds is 6. The van der Waals surface area contributed by atoms with Crippen molar-refractivity contribution in [3.05, 3.63) is 41.8 Å². The van der Waals surface area contributed by atoms with Gasteiger partial charge in [-0.15, -0.1) is 0 Å². The van der Waals surface area contributed by atoms with Crippen LogP contribution in [0.15, 0.2) is 29.0 Å². The predicted molar refractivity (Wildman–Crippen MR) is 85.5 cm³/mol. The summed E-state index contributed by atoms with van der Waals surface area (Å²) in [5.41, 5.74) is 1.05. The van der Waals surface area contributed by atoms with Crippen molar-refractivity contribution in [1.29, 1.82) is 0 Å². The molecule has 3 heterocycles. The minimum absolute atomic E-state index is 0.129. The Kier molecular flexibility index (Phi) is 4.25. The van der Waals surface area contributed by atoms with E-state index in [0.29, 0.717) is 37.3 Å². The van der Waals surface area contributed by atoms with Crippen molar-refractivity contribution < 1.29 is 9.32 Å². The van der Waals surface area contributed by atoms with Crippen LogP contribution in [0.3, 0.4) is 0 Å². The quantitative estimate of drug-likeness (QED) is 0.873. The molecule has 1 N–H and O–H groups in total. The van der Waals surface area contributed by atoms with Crippen molar-refractivity contribution in [3.8, 4) is 0 Å². The van der Waals surface area contributed by atoms with Crippen LogP contribution < -0.4 is 5.32 Å². The van der Waals surface area contributed by atoms with Crippen LogP contribution in [-0.2, 0) is 17.9 Å². The van der Waals surface area contributed by atoms with Gasteiger partial charge in [-0.05, 0) is 37.0 Å². The lowest BCUT2D eigenvalue weighted by Crippen LogP contribution is -2.34. The number of likely N-dealkylation sites (tertiary alicyclic amines) is 1. The maximum absolute atomic E-state index is 12.2. The van der Waals surface area contributed by atoms with E-state index in [4.69, 9.17) is 4.52 Å². The van der Waals surface area contributed by atoms with Crippen LogP contribution in [0.5, 0.6) is 0 Å². The van der Waals surface area contributed by atoms with E-state index in [2.05, 4.69) is 20.4 Å². The van der Waals surface area contributed by atoms with Crippen molar-refractivity contribution >= 4 is 5.91 Å². The summed E-state index contributed by atoms with van der Waals surface area (Å²) >= 11 is 0. The third-order valence-corrected chi connectivity index (χ3v) is 4.85. The first-order chi connectivity index (χ1) is 11.8. The molecule has 1 amide bonds. The Hall–Kier alpha value is -2.28. The second-order valence-corrected chi connectivity index (χ2v) is 6.49. The summed E-state index contributed by atoms with van der Waals surface area (Å²) in [6.45, 7) is 1.17. The molecule has 0 bridgehead atoms. The number of hydrogen-bond acceptors (Lipinski definition) is 6. The molecule has 0 radical (unpaired) electrons. The number of amides is 1. The highest BCUT2D eigenvalue weighted by molar-refractivity contribution is 5.78. The number of aromatic nitrogens is 3. The van der Waals surface area contributed by atoms with E-state index < -0.39 is 0 Å². The Morgan fingerprint density at radius 3 is 2.83 bits per heavy atom. The number of hydrogen-bond donors (Lipinski definition) is 1. The second-order valence-electron chi connectivity index (χ2n) is 6.49. The topological polar surface area (TPSA) is 84.2 Å². The van der Waals surface area contributed by atoms with E-state index in [1.165, 1.54) is 19.3 Å². The zero-order chi connectivity index (χ0) is 16.4. The molecule has 2 fully saturated rings. The Morgan fingerprint density at radius 1 is 1.25 bits per heavy atom. The van der Waals surface area contributed by atoms with Gasteiger partial charge in [0.05, 0.1) is 6.54 Å². The first-order valence-corrected chi connectivity index (χ1v) is 8.54. The lowest BCUT2D eigenvalue weighted by atomic mass is 9.93. The first-order valence-electron chi connectivity index (χ1n) is 8.54. The molecule has 1 atom stereocenters. The van der Waals surface area contributed by atoms with Gasteiger partial charge in [0, 0.05) is 31.4 Å². The van der Waals surface area contributed by atoms with Gasteiger partial charge in [-0.2, -0.15) is 4.98 Å². The first kappa shape index (κ1) is 15.3. The lowest BCUT2D eigenvalue weighted by Gasteiger charge is -2.25. The van der Waals surface area contributed by atoms with Crippen molar-refractivity contribution in [1.82, 2.24) is 25.3 Å². The molecule has 2 aromatic rings. The molecular weight excluding hydrogens is 306 g/mol. The van der Waals surface area contributed by atoms with Crippen LogP contribution in [0, 0.1) is 0 Å². The fraction of sp³-hybridized carbons (Fsp3) is 0.529.